The average molecular weight is 220 g/mol. The van der Waals surface area contributed by atoms with Gasteiger partial charge in [0, 0.05) is 12.3 Å². The van der Waals surface area contributed by atoms with Gasteiger partial charge in [0.2, 0.25) is 0 Å². The molecule has 1 fully saturated rings. The minimum Gasteiger partial charge on any atom is -0.352 e. The van der Waals surface area contributed by atoms with E-state index in [0.717, 1.165) is 26.1 Å². The van der Waals surface area contributed by atoms with Gasteiger partial charge in [0.05, 0.1) is 13.2 Å². The van der Waals surface area contributed by atoms with Gasteiger partial charge >= 0.3 is 0 Å². The highest BCUT2D eigenvalue weighted by molar-refractivity contribution is 5.22. The maximum atomic E-state index is 5.63. The van der Waals surface area contributed by atoms with E-state index in [0.29, 0.717) is 5.92 Å². The van der Waals surface area contributed by atoms with Crippen LogP contribution in [-0.4, -0.2) is 19.5 Å². The van der Waals surface area contributed by atoms with Crippen LogP contribution in [0, 0.1) is 5.92 Å². The van der Waals surface area contributed by atoms with Crippen LogP contribution in [0.4, 0.5) is 0 Å². The predicted molar refractivity (Wildman–Crippen MR) is 64.4 cm³/mol. The highest BCUT2D eigenvalue weighted by Crippen LogP contribution is 2.15. The van der Waals surface area contributed by atoms with E-state index in [1.165, 1.54) is 11.1 Å². The molecule has 0 spiro atoms. The van der Waals surface area contributed by atoms with E-state index in [2.05, 4.69) is 38.1 Å². The Balaban J connectivity index is 1.88. The number of aryl methyl sites for hydroxylation is 1. The van der Waals surface area contributed by atoms with Crippen molar-refractivity contribution in [3.05, 3.63) is 35.4 Å². The molecule has 1 saturated heterocycles. The first-order chi connectivity index (χ1) is 7.78. The first-order valence-corrected chi connectivity index (χ1v) is 6.09. The summed E-state index contributed by atoms with van der Waals surface area (Å²) in [6, 6.07) is 8.70. The molecular formula is C14H20O2. The molecule has 1 aliphatic heterocycles. The Hall–Kier alpha value is -0.860. The molecule has 16 heavy (non-hydrogen) atoms. The van der Waals surface area contributed by atoms with E-state index in [1.54, 1.807) is 0 Å². The van der Waals surface area contributed by atoms with Gasteiger partial charge in [-0.05, 0) is 17.5 Å². The Morgan fingerprint density at radius 1 is 1.06 bits per heavy atom. The van der Waals surface area contributed by atoms with E-state index >= 15 is 0 Å². The topological polar surface area (TPSA) is 18.5 Å². The third-order valence-electron chi connectivity index (χ3n) is 2.97. The minimum absolute atomic E-state index is 0.0522. The van der Waals surface area contributed by atoms with Crippen molar-refractivity contribution in [2.24, 2.45) is 5.92 Å². The largest absolute Gasteiger partial charge is 0.352 e. The molecule has 1 aromatic carbocycles. The van der Waals surface area contributed by atoms with Gasteiger partial charge in [-0.3, -0.25) is 0 Å². The molecule has 0 amide bonds. The number of benzene rings is 1. The van der Waals surface area contributed by atoms with Gasteiger partial charge in [-0.15, -0.1) is 0 Å². The van der Waals surface area contributed by atoms with Crippen LogP contribution in [0.25, 0.3) is 0 Å². The maximum absolute atomic E-state index is 5.63. The van der Waals surface area contributed by atoms with Crippen molar-refractivity contribution in [1.82, 2.24) is 0 Å². The molecule has 0 bridgehead atoms. The highest BCUT2D eigenvalue weighted by Gasteiger charge is 2.19. The Morgan fingerprint density at radius 3 is 2.19 bits per heavy atom. The normalized spacial score (nSPS) is 25.6. The monoisotopic (exact) mass is 220 g/mol. The lowest BCUT2D eigenvalue weighted by molar-refractivity contribution is -0.196. The minimum atomic E-state index is -0.0522. The van der Waals surface area contributed by atoms with Gasteiger partial charge in [0.15, 0.2) is 6.29 Å². The van der Waals surface area contributed by atoms with Crippen LogP contribution in [0.15, 0.2) is 24.3 Å². The third kappa shape index (κ3) is 3.06. The van der Waals surface area contributed by atoms with Crippen LogP contribution < -0.4 is 0 Å². The third-order valence-corrected chi connectivity index (χ3v) is 2.97. The summed E-state index contributed by atoms with van der Waals surface area (Å²) < 4.78 is 11.3. The SMILES string of the molecule is CCc1ccc(CC2OCC(C)CO2)cc1. The quantitative estimate of drug-likeness (QED) is 0.780. The fourth-order valence-corrected chi connectivity index (χ4v) is 1.86. The van der Waals surface area contributed by atoms with Gasteiger partial charge < -0.3 is 9.47 Å². The van der Waals surface area contributed by atoms with E-state index in [-0.39, 0.29) is 6.29 Å². The van der Waals surface area contributed by atoms with Gasteiger partial charge in [0.25, 0.3) is 0 Å². The van der Waals surface area contributed by atoms with Gasteiger partial charge in [-0.1, -0.05) is 38.1 Å². The van der Waals surface area contributed by atoms with Crippen molar-refractivity contribution < 1.29 is 9.47 Å². The second kappa shape index (κ2) is 5.46. The fourth-order valence-electron chi connectivity index (χ4n) is 1.86. The number of hydrogen-bond donors (Lipinski definition) is 0. The smallest absolute Gasteiger partial charge is 0.161 e. The maximum Gasteiger partial charge on any atom is 0.161 e. The van der Waals surface area contributed by atoms with E-state index in [4.69, 9.17) is 9.47 Å². The Bertz CT molecular complexity index is 310. The molecule has 0 aliphatic carbocycles. The van der Waals surface area contributed by atoms with Crippen LogP contribution in [0.3, 0.4) is 0 Å². The van der Waals surface area contributed by atoms with Crippen molar-refractivity contribution in [3.63, 3.8) is 0 Å². The van der Waals surface area contributed by atoms with Crippen LogP contribution >= 0.6 is 0 Å². The zero-order valence-corrected chi connectivity index (χ0v) is 10.1. The molecular weight excluding hydrogens is 200 g/mol. The van der Waals surface area contributed by atoms with E-state index in [9.17, 15) is 0 Å². The highest BCUT2D eigenvalue weighted by atomic mass is 16.7. The zero-order chi connectivity index (χ0) is 11.4. The molecule has 0 radical (unpaired) electrons. The standard InChI is InChI=1S/C14H20O2/c1-3-12-4-6-13(7-5-12)8-14-15-9-11(2)10-16-14/h4-7,11,14H,3,8-10H2,1-2H3. The van der Waals surface area contributed by atoms with Crippen LogP contribution in [-0.2, 0) is 22.3 Å². The van der Waals surface area contributed by atoms with Crippen molar-refractivity contribution in [2.75, 3.05) is 13.2 Å². The first-order valence-electron chi connectivity index (χ1n) is 6.09. The summed E-state index contributed by atoms with van der Waals surface area (Å²) in [7, 11) is 0. The molecule has 0 aromatic heterocycles. The zero-order valence-electron chi connectivity index (χ0n) is 10.1. The lowest BCUT2D eigenvalue weighted by Crippen LogP contribution is -2.31. The lowest BCUT2D eigenvalue weighted by atomic mass is 10.1. The molecule has 2 heteroatoms. The molecule has 0 N–H and O–H groups in total. The van der Waals surface area contributed by atoms with Gasteiger partial charge in [-0.25, -0.2) is 0 Å². The summed E-state index contributed by atoms with van der Waals surface area (Å²) in [4.78, 5) is 0. The summed E-state index contributed by atoms with van der Waals surface area (Å²) in [5, 5.41) is 0. The van der Waals surface area contributed by atoms with Crippen LogP contribution in [0.2, 0.25) is 0 Å². The van der Waals surface area contributed by atoms with E-state index in [1.807, 2.05) is 0 Å². The van der Waals surface area contributed by atoms with Crippen molar-refractivity contribution in [1.29, 1.82) is 0 Å². The summed E-state index contributed by atoms with van der Waals surface area (Å²) in [6.45, 7) is 5.95. The molecule has 1 aromatic rings. The van der Waals surface area contributed by atoms with E-state index < -0.39 is 0 Å². The Labute approximate surface area is 97.6 Å². The number of hydrogen-bond acceptors (Lipinski definition) is 2. The summed E-state index contributed by atoms with van der Waals surface area (Å²) >= 11 is 0. The molecule has 1 heterocycles. The number of ether oxygens (including phenoxy) is 2. The average Bonchev–Trinajstić information content (AvgIpc) is 2.33. The second-order valence-corrected chi connectivity index (χ2v) is 4.58. The Morgan fingerprint density at radius 2 is 1.62 bits per heavy atom. The summed E-state index contributed by atoms with van der Waals surface area (Å²) in [5.74, 6) is 0.527. The second-order valence-electron chi connectivity index (χ2n) is 4.58. The molecule has 0 atom stereocenters. The molecule has 2 nitrogen and oxygen atoms in total. The fraction of sp³-hybridized carbons (Fsp3) is 0.571. The molecule has 0 saturated carbocycles. The van der Waals surface area contributed by atoms with Crippen LogP contribution in [0.5, 0.6) is 0 Å². The molecule has 1 aliphatic rings. The first kappa shape index (κ1) is 11.6. The molecule has 0 unspecified atom stereocenters. The predicted octanol–water partition coefficient (Wildman–Crippen LogP) is 2.80. The molecule has 88 valence electrons. The van der Waals surface area contributed by atoms with Crippen molar-refractivity contribution in [3.8, 4) is 0 Å². The lowest BCUT2D eigenvalue weighted by Gasteiger charge is -2.27. The van der Waals surface area contributed by atoms with Crippen molar-refractivity contribution >= 4 is 0 Å². The van der Waals surface area contributed by atoms with Gasteiger partial charge in [-0.2, -0.15) is 0 Å². The summed E-state index contributed by atoms with van der Waals surface area (Å²) in [6.07, 6.45) is 1.90. The summed E-state index contributed by atoms with van der Waals surface area (Å²) in [5.41, 5.74) is 2.67. The van der Waals surface area contributed by atoms with Crippen LogP contribution in [0.1, 0.15) is 25.0 Å². The number of rotatable bonds is 3. The van der Waals surface area contributed by atoms with Crippen molar-refractivity contribution in [2.45, 2.75) is 33.0 Å². The Kier molecular flexibility index (Phi) is 3.97. The molecule has 2 rings (SSSR count). The van der Waals surface area contributed by atoms with Gasteiger partial charge in [0.1, 0.15) is 0 Å².